The van der Waals surface area contributed by atoms with Crippen molar-refractivity contribution >= 4 is 55.6 Å². The van der Waals surface area contributed by atoms with Crippen LogP contribution in [0.15, 0.2) is 34.7 Å². The number of carbonyl (C=O) groups excluding carboxylic acids is 1. The second-order valence-electron chi connectivity index (χ2n) is 6.27. The van der Waals surface area contributed by atoms with Crippen molar-refractivity contribution in [3.63, 3.8) is 0 Å². The average Bonchev–Trinajstić information content (AvgIpc) is 3.26. The summed E-state index contributed by atoms with van der Waals surface area (Å²) in [7, 11) is 0.318. The van der Waals surface area contributed by atoms with Gasteiger partial charge in [-0.2, -0.15) is 0 Å². The lowest BCUT2D eigenvalue weighted by Crippen LogP contribution is -2.23. The molecule has 0 fully saturated rings. The third kappa shape index (κ3) is 5.65. The lowest BCUT2D eigenvalue weighted by atomic mass is 10.1. The summed E-state index contributed by atoms with van der Waals surface area (Å²) in [6, 6.07) is 7.64. The van der Waals surface area contributed by atoms with E-state index in [1.165, 1.54) is 39.5 Å². The van der Waals surface area contributed by atoms with Crippen LogP contribution in [0.3, 0.4) is 0 Å². The quantitative estimate of drug-likeness (QED) is 0.400. The number of anilines is 1. The molecule has 0 saturated heterocycles. The first-order chi connectivity index (χ1) is 15.7. The Balaban J connectivity index is 1.74. The van der Waals surface area contributed by atoms with Crippen LogP contribution in [0.25, 0.3) is 0 Å². The number of methoxy groups -OCH3 is 3. The van der Waals surface area contributed by atoms with Crippen LogP contribution in [0, 0.1) is 0 Å². The largest absolute Gasteiger partial charge is 0.493 e. The van der Waals surface area contributed by atoms with Crippen molar-refractivity contribution in [3.05, 3.63) is 51.5 Å². The number of carbonyl (C=O) groups is 1. The number of hydrogen-bond acceptors (Lipinski definition) is 9. The van der Waals surface area contributed by atoms with Crippen LogP contribution in [0.2, 0.25) is 10.0 Å². The molecular formula is C19H18Cl2N4O6S2. The fraction of sp³-hybridized carbons (Fsp3) is 0.211. The van der Waals surface area contributed by atoms with Gasteiger partial charge < -0.3 is 14.2 Å². The summed E-state index contributed by atoms with van der Waals surface area (Å²) < 4.78 is 43.4. The van der Waals surface area contributed by atoms with Crippen molar-refractivity contribution in [1.29, 1.82) is 0 Å². The smallest absolute Gasteiger partial charge is 0.270 e. The van der Waals surface area contributed by atoms with E-state index in [0.717, 1.165) is 0 Å². The zero-order chi connectivity index (χ0) is 24.2. The van der Waals surface area contributed by atoms with Crippen LogP contribution in [0.4, 0.5) is 5.13 Å². The molecule has 3 aromatic rings. The van der Waals surface area contributed by atoms with Gasteiger partial charge in [0.15, 0.2) is 11.5 Å². The molecule has 14 heteroatoms. The maximum absolute atomic E-state index is 12.7. The molecule has 176 valence electrons. The van der Waals surface area contributed by atoms with Crippen LogP contribution >= 0.6 is 34.5 Å². The van der Waals surface area contributed by atoms with Crippen LogP contribution < -0.4 is 24.2 Å². The topological polar surface area (TPSA) is 129 Å². The Hall–Kier alpha value is -2.64. The van der Waals surface area contributed by atoms with Gasteiger partial charge in [0.2, 0.25) is 15.2 Å². The molecule has 0 aliphatic carbocycles. The zero-order valence-electron chi connectivity index (χ0n) is 17.5. The third-order valence-corrected chi connectivity index (χ3v) is 7.43. The Morgan fingerprint density at radius 1 is 1.03 bits per heavy atom. The Morgan fingerprint density at radius 2 is 1.76 bits per heavy atom. The Kier molecular flexibility index (Phi) is 7.97. The first-order valence-electron chi connectivity index (χ1n) is 9.07. The van der Waals surface area contributed by atoms with Gasteiger partial charge in [-0.3, -0.25) is 10.1 Å². The molecule has 3 rings (SSSR count). The first-order valence-corrected chi connectivity index (χ1v) is 12.1. The van der Waals surface area contributed by atoms with Gasteiger partial charge >= 0.3 is 0 Å². The van der Waals surface area contributed by atoms with E-state index < -0.39 is 15.9 Å². The Labute approximate surface area is 203 Å². The molecule has 0 radical (unpaired) electrons. The number of sulfonamides is 1. The van der Waals surface area contributed by atoms with E-state index in [4.69, 9.17) is 37.4 Å². The number of nitrogens with one attached hydrogen (secondary N) is 2. The number of aromatic nitrogens is 2. The van der Waals surface area contributed by atoms with E-state index in [0.29, 0.717) is 39.2 Å². The van der Waals surface area contributed by atoms with Crippen molar-refractivity contribution in [2.75, 3.05) is 26.6 Å². The molecule has 1 aromatic heterocycles. The average molecular weight is 533 g/mol. The minimum atomic E-state index is -4.04. The molecular weight excluding hydrogens is 515 g/mol. The molecule has 33 heavy (non-hydrogen) atoms. The van der Waals surface area contributed by atoms with Crippen LogP contribution in [0.1, 0.15) is 15.9 Å². The minimum absolute atomic E-state index is 0.0184. The maximum atomic E-state index is 12.7. The number of amides is 1. The lowest BCUT2D eigenvalue weighted by molar-refractivity contribution is 0.102. The molecule has 10 nitrogen and oxygen atoms in total. The van der Waals surface area contributed by atoms with Crippen molar-refractivity contribution in [2.24, 2.45) is 0 Å². The van der Waals surface area contributed by atoms with Gasteiger partial charge in [-0.1, -0.05) is 40.6 Å². The van der Waals surface area contributed by atoms with Gasteiger partial charge in [0.05, 0.1) is 31.9 Å². The molecule has 0 saturated carbocycles. The summed E-state index contributed by atoms with van der Waals surface area (Å²) in [6.45, 7) is -0.118. The highest BCUT2D eigenvalue weighted by Gasteiger charge is 2.23. The summed E-state index contributed by atoms with van der Waals surface area (Å²) in [5.74, 6) is 0.508. The van der Waals surface area contributed by atoms with Gasteiger partial charge in [-0.15, -0.1) is 10.2 Å². The van der Waals surface area contributed by atoms with Crippen molar-refractivity contribution < 1.29 is 27.4 Å². The number of halogens is 2. The minimum Gasteiger partial charge on any atom is -0.493 e. The fourth-order valence-corrected chi connectivity index (χ4v) is 5.18. The Bertz CT molecular complexity index is 1280. The van der Waals surface area contributed by atoms with E-state index >= 15 is 0 Å². The standard InChI is InChI=1S/C19H18Cl2N4O6S2/c1-29-14-7-4-10(15(30-2)16(14)31-3)9-22-33(27,28)19-25-24-18(32-19)23-17(26)12-6-5-11(20)8-13(12)21/h4-8,22H,9H2,1-3H3,(H,23,24,26). The van der Waals surface area contributed by atoms with Gasteiger partial charge in [0.25, 0.3) is 15.9 Å². The number of rotatable bonds is 9. The monoisotopic (exact) mass is 532 g/mol. The normalized spacial score (nSPS) is 11.2. The summed E-state index contributed by atoms with van der Waals surface area (Å²) in [5, 5.41) is 10.3. The van der Waals surface area contributed by atoms with Crippen molar-refractivity contribution in [1.82, 2.24) is 14.9 Å². The van der Waals surface area contributed by atoms with E-state index in [-0.39, 0.29) is 26.6 Å². The molecule has 0 unspecified atom stereocenters. The molecule has 0 aliphatic heterocycles. The van der Waals surface area contributed by atoms with Crippen LogP contribution in [-0.4, -0.2) is 45.9 Å². The second kappa shape index (κ2) is 10.5. The molecule has 0 spiro atoms. The third-order valence-electron chi connectivity index (χ3n) is 4.27. The summed E-state index contributed by atoms with van der Waals surface area (Å²) in [6.07, 6.45) is 0. The van der Waals surface area contributed by atoms with E-state index in [9.17, 15) is 13.2 Å². The molecule has 1 amide bonds. The molecule has 0 aliphatic rings. The Morgan fingerprint density at radius 3 is 2.39 bits per heavy atom. The zero-order valence-corrected chi connectivity index (χ0v) is 20.7. The highest BCUT2D eigenvalue weighted by Crippen LogP contribution is 2.39. The van der Waals surface area contributed by atoms with Crippen LogP contribution in [-0.2, 0) is 16.6 Å². The lowest BCUT2D eigenvalue weighted by Gasteiger charge is -2.15. The number of ether oxygens (including phenoxy) is 3. The predicted molar refractivity (Wildman–Crippen MR) is 124 cm³/mol. The van der Waals surface area contributed by atoms with E-state index in [2.05, 4.69) is 20.2 Å². The predicted octanol–water partition coefficient (Wildman–Crippen LogP) is 3.60. The molecule has 0 atom stereocenters. The first kappa shape index (κ1) is 25.0. The van der Waals surface area contributed by atoms with Gasteiger partial charge in [-0.05, 0) is 24.3 Å². The number of nitrogens with zero attached hydrogens (tertiary/aromatic N) is 2. The molecule has 1 heterocycles. The van der Waals surface area contributed by atoms with Gasteiger partial charge in [-0.25, -0.2) is 13.1 Å². The fourth-order valence-electron chi connectivity index (χ4n) is 2.74. The second-order valence-corrected chi connectivity index (χ2v) is 10.0. The molecule has 2 N–H and O–H groups in total. The highest BCUT2D eigenvalue weighted by molar-refractivity contribution is 7.91. The summed E-state index contributed by atoms with van der Waals surface area (Å²) in [5.41, 5.74) is 0.661. The van der Waals surface area contributed by atoms with Gasteiger partial charge in [0.1, 0.15) is 0 Å². The SMILES string of the molecule is COc1ccc(CNS(=O)(=O)c2nnc(NC(=O)c3ccc(Cl)cc3Cl)s2)c(OC)c1OC. The van der Waals surface area contributed by atoms with Gasteiger partial charge in [0, 0.05) is 17.1 Å². The van der Waals surface area contributed by atoms with E-state index in [1.54, 1.807) is 12.1 Å². The highest BCUT2D eigenvalue weighted by atomic mass is 35.5. The number of benzene rings is 2. The molecule has 2 aromatic carbocycles. The van der Waals surface area contributed by atoms with Crippen LogP contribution in [0.5, 0.6) is 17.2 Å². The van der Waals surface area contributed by atoms with E-state index in [1.807, 2.05) is 0 Å². The maximum Gasteiger partial charge on any atom is 0.270 e. The summed E-state index contributed by atoms with van der Waals surface area (Å²) >= 11 is 12.5. The van der Waals surface area contributed by atoms with Crippen molar-refractivity contribution in [2.45, 2.75) is 10.9 Å². The summed E-state index contributed by atoms with van der Waals surface area (Å²) in [4.78, 5) is 12.4. The molecule has 0 bridgehead atoms. The number of hydrogen-bond donors (Lipinski definition) is 2. The van der Waals surface area contributed by atoms with Crippen molar-refractivity contribution in [3.8, 4) is 17.2 Å².